The molecule has 0 atom stereocenters. The minimum Gasteiger partial charge on any atom is -0.496 e. The molecule has 0 unspecified atom stereocenters. The monoisotopic (exact) mass is 502 g/mol. The zero-order valence-corrected chi connectivity index (χ0v) is 19.5. The van der Waals surface area contributed by atoms with E-state index in [-0.39, 0.29) is 0 Å². The first-order valence-corrected chi connectivity index (χ1v) is 11.0. The molecular formula is C24H24BrClN2O3. The van der Waals surface area contributed by atoms with Crippen molar-refractivity contribution in [3.63, 3.8) is 0 Å². The van der Waals surface area contributed by atoms with Crippen LogP contribution in [-0.2, 0) is 17.9 Å². The molecule has 0 radical (unpaired) electrons. The second kappa shape index (κ2) is 11.7. The molecule has 0 spiro atoms. The highest BCUT2D eigenvalue weighted by Crippen LogP contribution is 2.35. The third kappa shape index (κ3) is 6.23. The minimum absolute atomic E-state index is 0.360. The molecule has 0 heterocycles. The van der Waals surface area contributed by atoms with Crippen molar-refractivity contribution in [1.82, 2.24) is 10.6 Å². The van der Waals surface area contributed by atoms with Crippen LogP contribution in [0.5, 0.6) is 11.5 Å². The van der Waals surface area contributed by atoms with Gasteiger partial charge in [0.1, 0.15) is 18.1 Å². The number of ether oxygens (including phenoxy) is 2. The molecule has 0 aliphatic heterocycles. The molecule has 0 bridgehead atoms. The zero-order chi connectivity index (χ0) is 22.1. The molecule has 0 aromatic heterocycles. The summed E-state index contributed by atoms with van der Waals surface area (Å²) in [5.41, 5.74) is 4.18. The summed E-state index contributed by atoms with van der Waals surface area (Å²) >= 11 is 10.2. The third-order valence-electron chi connectivity index (χ3n) is 4.73. The van der Waals surface area contributed by atoms with Gasteiger partial charge in [0.2, 0.25) is 6.41 Å². The van der Waals surface area contributed by atoms with Crippen molar-refractivity contribution in [2.45, 2.75) is 13.2 Å². The van der Waals surface area contributed by atoms with Crippen LogP contribution in [0.3, 0.4) is 0 Å². The number of methoxy groups -OCH3 is 1. The molecule has 1 amide bonds. The summed E-state index contributed by atoms with van der Waals surface area (Å²) < 4.78 is 12.5. The number of benzene rings is 3. The van der Waals surface area contributed by atoms with Gasteiger partial charge in [-0.15, -0.1) is 0 Å². The number of nitrogens with one attached hydrogen (secondary N) is 2. The Morgan fingerprint density at radius 3 is 2.55 bits per heavy atom. The second-order valence-corrected chi connectivity index (χ2v) is 7.98. The normalized spacial score (nSPS) is 10.5. The Balaban J connectivity index is 1.71. The molecule has 5 nitrogen and oxygen atoms in total. The van der Waals surface area contributed by atoms with Crippen LogP contribution in [0.1, 0.15) is 11.1 Å². The van der Waals surface area contributed by atoms with E-state index in [2.05, 4.69) is 44.8 Å². The first-order chi connectivity index (χ1) is 15.1. The molecule has 0 aliphatic rings. The quantitative estimate of drug-likeness (QED) is 0.279. The number of carbonyl (C=O) groups is 1. The van der Waals surface area contributed by atoms with E-state index in [0.29, 0.717) is 49.2 Å². The SMILES string of the molecule is COc1cc(OCc2cccc(-c3ccccc3)c2Br)c(Cl)cc1CNCCNC=O. The van der Waals surface area contributed by atoms with Gasteiger partial charge in [-0.05, 0) is 33.1 Å². The van der Waals surface area contributed by atoms with E-state index in [1.54, 1.807) is 13.2 Å². The Morgan fingerprint density at radius 1 is 1.00 bits per heavy atom. The maximum atomic E-state index is 10.3. The lowest BCUT2D eigenvalue weighted by Crippen LogP contribution is -2.26. The first-order valence-electron chi connectivity index (χ1n) is 9.83. The van der Waals surface area contributed by atoms with Gasteiger partial charge >= 0.3 is 0 Å². The molecule has 0 fully saturated rings. The lowest BCUT2D eigenvalue weighted by atomic mass is 10.0. The summed E-state index contributed by atoms with van der Waals surface area (Å²) in [5, 5.41) is 6.36. The van der Waals surface area contributed by atoms with Crippen molar-refractivity contribution in [2.24, 2.45) is 0 Å². The van der Waals surface area contributed by atoms with Crippen LogP contribution in [0.15, 0.2) is 65.1 Å². The number of hydrogen-bond acceptors (Lipinski definition) is 4. The fraction of sp³-hybridized carbons (Fsp3) is 0.208. The Kier molecular flexibility index (Phi) is 8.76. The van der Waals surface area contributed by atoms with Crippen molar-refractivity contribution in [2.75, 3.05) is 20.2 Å². The fourth-order valence-corrected chi connectivity index (χ4v) is 3.99. The summed E-state index contributed by atoms with van der Waals surface area (Å²) in [6.45, 7) is 2.12. The molecule has 31 heavy (non-hydrogen) atoms. The van der Waals surface area contributed by atoms with Crippen LogP contribution in [-0.4, -0.2) is 26.6 Å². The zero-order valence-electron chi connectivity index (χ0n) is 17.2. The number of rotatable bonds is 11. The highest BCUT2D eigenvalue weighted by atomic mass is 79.9. The van der Waals surface area contributed by atoms with E-state index < -0.39 is 0 Å². The molecular weight excluding hydrogens is 480 g/mol. The van der Waals surface area contributed by atoms with Crippen LogP contribution in [0, 0.1) is 0 Å². The average Bonchev–Trinajstić information content (AvgIpc) is 2.79. The van der Waals surface area contributed by atoms with Crippen LogP contribution in [0.2, 0.25) is 5.02 Å². The summed E-state index contributed by atoms with van der Waals surface area (Å²) in [7, 11) is 1.62. The second-order valence-electron chi connectivity index (χ2n) is 6.78. The fourth-order valence-electron chi connectivity index (χ4n) is 3.14. The molecule has 0 aliphatic carbocycles. The average molecular weight is 504 g/mol. The highest BCUT2D eigenvalue weighted by molar-refractivity contribution is 9.10. The highest BCUT2D eigenvalue weighted by Gasteiger charge is 2.13. The van der Waals surface area contributed by atoms with Crippen molar-refractivity contribution in [3.05, 3.63) is 81.3 Å². The van der Waals surface area contributed by atoms with E-state index >= 15 is 0 Å². The first kappa shape index (κ1) is 23.1. The lowest BCUT2D eigenvalue weighted by Gasteiger charge is -2.15. The number of amides is 1. The van der Waals surface area contributed by atoms with Gasteiger partial charge in [-0.1, -0.05) is 60.1 Å². The summed E-state index contributed by atoms with van der Waals surface area (Å²) in [6.07, 6.45) is 0.680. The van der Waals surface area contributed by atoms with Gasteiger partial charge in [-0.2, -0.15) is 0 Å². The van der Waals surface area contributed by atoms with Crippen molar-refractivity contribution in [1.29, 1.82) is 0 Å². The van der Waals surface area contributed by atoms with E-state index in [0.717, 1.165) is 26.7 Å². The Morgan fingerprint density at radius 2 is 1.81 bits per heavy atom. The van der Waals surface area contributed by atoms with Gasteiger partial charge < -0.3 is 20.1 Å². The van der Waals surface area contributed by atoms with E-state index in [1.807, 2.05) is 36.4 Å². The topological polar surface area (TPSA) is 59.6 Å². The number of hydrogen-bond donors (Lipinski definition) is 2. The van der Waals surface area contributed by atoms with E-state index in [1.165, 1.54) is 0 Å². The number of carbonyl (C=O) groups excluding carboxylic acids is 1. The lowest BCUT2D eigenvalue weighted by molar-refractivity contribution is -0.109. The Bertz CT molecular complexity index is 1020. The van der Waals surface area contributed by atoms with E-state index in [4.69, 9.17) is 21.1 Å². The molecule has 2 N–H and O–H groups in total. The summed E-state index contributed by atoms with van der Waals surface area (Å²) in [6, 6.07) is 20.0. The van der Waals surface area contributed by atoms with Crippen LogP contribution < -0.4 is 20.1 Å². The standard InChI is InChI=1S/C24H24BrClN2O3/c1-30-22-13-23(21(26)12-19(22)14-27-10-11-28-16-29)31-15-18-8-5-9-20(24(18)25)17-6-3-2-4-7-17/h2-9,12-13,16,27H,10-11,14-15H2,1H3,(H,28,29). The summed E-state index contributed by atoms with van der Waals surface area (Å²) in [5.74, 6) is 1.24. The molecule has 7 heteroatoms. The minimum atomic E-state index is 0.360. The predicted molar refractivity (Wildman–Crippen MR) is 128 cm³/mol. The van der Waals surface area contributed by atoms with Crippen LogP contribution in [0.25, 0.3) is 11.1 Å². The van der Waals surface area contributed by atoms with Gasteiger partial charge in [0.25, 0.3) is 0 Å². The maximum absolute atomic E-state index is 10.3. The van der Waals surface area contributed by atoms with Gasteiger partial charge in [0.05, 0.1) is 12.1 Å². The summed E-state index contributed by atoms with van der Waals surface area (Å²) in [4.78, 5) is 10.3. The van der Waals surface area contributed by atoms with Gasteiger partial charge in [0, 0.05) is 41.3 Å². The van der Waals surface area contributed by atoms with Gasteiger partial charge in [-0.3, -0.25) is 4.79 Å². The number of halogens is 2. The molecule has 0 saturated heterocycles. The molecule has 3 rings (SSSR count). The largest absolute Gasteiger partial charge is 0.496 e. The molecule has 0 saturated carbocycles. The Labute approximate surface area is 195 Å². The predicted octanol–water partition coefficient (Wildman–Crippen LogP) is 5.19. The van der Waals surface area contributed by atoms with Crippen molar-refractivity contribution >= 4 is 33.9 Å². The molecule has 3 aromatic carbocycles. The Hall–Kier alpha value is -2.54. The van der Waals surface area contributed by atoms with Crippen LogP contribution in [0.4, 0.5) is 0 Å². The molecule has 3 aromatic rings. The van der Waals surface area contributed by atoms with E-state index in [9.17, 15) is 4.79 Å². The smallest absolute Gasteiger partial charge is 0.207 e. The van der Waals surface area contributed by atoms with Gasteiger partial charge in [0.15, 0.2) is 0 Å². The van der Waals surface area contributed by atoms with Crippen LogP contribution >= 0.6 is 27.5 Å². The van der Waals surface area contributed by atoms with Gasteiger partial charge in [-0.25, -0.2) is 0 Å². The maximum Gasteiger partial charge on any atom is 0.207 e. The third-order valence-corrected chi connectivity index (χ3v) is 5.96. The van der Waals surface area contributed by atoms with Crippen molar-refractivity contribution in [3.8, 4) is 22.6 Å². The molecule has 162 valence electrons. The van der Waals surface area contributed by atoms with Crippen molar-refractivity contribution < 1.29 is 14.3 Å².